The van der Waals surface area contributed by atoms with Gasteiger partial charge < -0.3 is 11.1 Å². The van der Waals surface area contributed by atoms with E-state index in [1.165, 1.54) is 0 Å². The molecule has 3 N–H and O–H groups in total. The zero-order chi connectivity index (χ0) is 15.3. The molecule has 0 aromatic heterocycles. The first-order chi connectivity index (χ1) is 9.25. The van der Waals surface area contributed by atoms with E-state index in [0.717, 1.165) is 18.4 Å². The Balaban J connectivity index is 2.61. The minimum Gasteiger partial charge on any atom is -0.330 e. The highest BCUT2D eigenvalue weighted by Crippen LogP contribution is 2.30. The maximum absolute atomic E-state index is 12.0. The van der Waals surface area contributed by atoms with Crippen LogP contribution in [0.4, 0.5) is 5.69 Å². The Hall–Kier alpha value is -0.770. The Morgan fingerprint density at radius 2 is 1.90 bits per heavy atom. The third-order valence-electron chi connectivity index (χ3n) is 3.37. The normalized spacial score (nSPS) is 11.5. The van der Waals surface area contributed by atoms with Gasteiger partial charge in [-0.25, -0.2) is 0 Å². The molecule has 0 aliphatic rings. The summed E-state index contributed by atoms with van der Waals surface area (Å²) in [6.07, 6.45) is 2.12. The van der Waals surface area contributed by atoms with E-state index in [2.05, 4.69) is 19.2 Å². The summed E-state index contributed by atoms with van der Waals surface area (Å²) in [5.41, 5.74) is 7.08. The van der Waals surface area contributed by atoms with Crippen molar-refractivity contribution in [1.29, 1.82) is 0 Å². The first-order valence-corrected chi connectivity index (χ1v) is 7.46. The van der Waals surface area contributed by atoms with E-state index in [9.17, 15) is 4.79 Å². The first-order valence-electron chi connectivity index (χ1n) is 6.71. The second-order valence-electron chi connectivity index (χ2n) is 5.83. The molecular weight excluding hydrogens is 295 g/mol. The summed E-state index contributed by atoms with van der Waals surface area (Å²) in [6, 6.07) is 3.43. The Morgan fingerprint density at radius 1 is 1.25 bits per heavy atom. The van der Waals surface area contributed by atoms with Gasteiger partial charge in [0.2, 0.25) is 5.91 Å². The van der Waals surface area contributed by atoms with Gasteiger partial charge in [0.1, 0.15) is 0 Å². The summed E-state index contributed by atoms with van der Waals surface area (Å²) in [4.78, 5) is 12.0. The van der Waals surface area contributed by atoms with Gasteiger partial charge in [0.05, 0.1) is 10.7 Å². The van der Waals surface area contributed by atoms with Crippen LogP contribution in [0.5, 0.6) is 0 Å². The molecular formula is C15H22Cl2N2O. The van der Waals surface area contributed by atoms with Crippen LogP contribution in [0.1, 0.15) is 38.7 Å². The van der Waals surface area contributed by atoms with Gasteiger partial charge in [-0.3, -0.25) is 4.79 Å². The van der Waals surface area contributed by atoms with Crippen LogP contribution < -0.4 is 11.1 Å². The third kappa shape index (κ3) is 5.31. The van der Waals surface area contributed by atoms with Crippen molar-refractivity contribution in [3.05, 3.63) is 27.7 Å². The van der Waals surface area contributed by atoms with Crippen molar-refractivity contribution in [3.63, 3.8) is 0 Å². The summed E-state index contributed by atoms with van der Waals surface area (Å²) >= 11 is 12.1. The zero-order valence-corrected chi connectivity index (χ0v) is 13.7. The molecule has 0 fully saturated rings. The maximum Gasteiger partial charge on any atom is 0.224 e. The molecule has 0 unspecified atom stereocenters. The molecule has 0 radical (unpaired) electrons. The molecule has 0 heterocycles. The van der Waals surface area contributed by atoms with Crippen molar-refractivity contribution in [1.82, 2.24) is 0 Å². The SMILES string of the molecule is Cc1cc(Cl)c(NC(=O)CCC(C)(C)CCN)cc1Cl. The van der Waals surface area contributed by atoms with Gasteiger partial charge in [-0.05, 0) is 49.4 Å². The van der Waals surface area contributed by atoms with Crippen LogP contribution in [-0.2, 0) is 4.79 Å². The standard InChI is InChI=1S/C15H22Cl2N2O/c1-10-8-12(17)13(9-11(10)16)19-14(20)4-5-15(2,3)6-7-18/h8-9H,4-7,18H2,1-3H3,(H,19,20). The molecule has 0 bridgehead atoms. The molecule has 1 aromatic carbocycles. The Labute approximate surface area is 130 Å². The Kier molecular flexibility index (Phi) is 6.31. The van der Waals surface area contributed by atoms with Crippen LogP contribution in [0.3, 0.4) is 0 Å². The summed E-state index contributed by atoms with van der Waals surface area (Å²) in [6.45, 7) is 6.73. The van der Waals surface area contributed by atoms with E-state index >= 15 is 0 Å². The van der Waals surface area contributed by atoms with Gasteiger partial charge in [-0.2, -0.15) is 0 Å². The summed E-state index contributed by atoms with van der Waals surface area (Å²) in [5, 5.41) is 3.90. The van der Waals surface area contributed by atoms with Crippen LogP contribution in [0, 0.1) is 12.3 Å². The summed E-state index contributed by atoms with van der Waals surface area (Å²) < 4.78 is 0. The lowest BCUT2D eigenvalue weighted by Gasteiger charge is -2.23. The van der Waals surface area contributed by atoms with Crippen LogP contribution in [0.25, 0.3) is 0 Å². The second-order valence-corrected chi connectivity index (χ2v) is 6.65. The van der Waals surface area contributed by atoms with E-state index in [1.54, 1.807) is 12.1 Å². The van der Waals surface area contributed by atoms with Crippen molar-refractivity contribution in [3.8, 4) is 0 Å². The fourth-order valence-electron chi connectivity index (χ4n) is 1.92. The predicted molar refractivity (Wildman–Crippen MR) is 86.5 cm³/mol. The van der Waals surface area contributed by atoms with Gasteiger partial charge in [0, 0.05) is 11.4 Å². The topological polar surface area (TPSA) is 55.1 Å². The molecule has 1 rings (SSSR count). The Morgan fingerprint density at radius 3 is 2.50 bits per heavy atom. The summed E-state index contributed by atoms with van der Waals surface area (Å²) in [5.74, 6) is -0.0584. The molecule has 0 aliphatic heterocycles. The molecule has 5 heteroatoms. The number of carbonyl (C=O) groups is 1. The van der Waals surface area contributed by atoms with Crippen molar-refractivity contribution in [2.45, 2.75) is 40.0 Å². The van der Waals surface area contributed by atoms with E-state index in [4.69, 9.17) is 28.9 Å². The van der Waals surface area contributed by atoms with E-state index < -0.39 is 0 Å². The maximum atomic E-state index is 12.0. The number of halogens is 2. The van der Waals surface area contributed by atoms with Gasteiger partial charge in [-0.15, -0.1) is 0 Å². The van der Waals surface area contributed by atoms with Crippen molar-refractivity contribution < 1.29 is 4.79 Å². The quantitative estimate of drug-likeness (QED) is 0.817. The number of nitrogens with two attached hydrogens (primary N) is 1. The van der Waals surface area contributed by atoms with Crippen LogP contribution in [0.2, 0.25) is 10.0 Å². The van der Waals surface area contributed by atoms with Crippen LogP contribution >= 0.6 is 23.2 Å². The molecule has 0 saturated heterocycles. The van der Waals surface area contributed by atoms with Gasteiger partial charge in [-0.1, -0.05) is 37.0 Å². The van der Waals surface area contributed by atoms with E-state index in [0.29, 0.717) is 28.7 Å². The molecule has 20 heavy (non-hydrogen) atoms. The van der Waals surface area contributed by atoms with Crippen molar-refractivity contribution in [2.75, 3.05) is 11.9 Å². The lowest BCUT2D eigenvalue weighted by Crippen LogP contribution is -2.20. The predicted octanol–water partition coefficient (Wildman–Crippen LogP) is 4.40. The smallest absolute Gasteiger partial charge is 0.224 e. The lowest BCUT2D eigenvalue weighted by molar-refractivity contribution is -0.116. The highest BCUT2D eigenvalue weighted by molar-refractivity contribution is 6.36. The summed E-state index contributed by atoms with van der Waals surface area (Å²) in [7, 11) is 0. The second kappa shape index (κ2) is 7.30. The molecule has 0 aliphatic carbocycles. The number of rotatable bonds is 6. The molecule has 112 valence electrons. The molecule has 0 atom stereocenters. The van der Waals surface area contributed by atoms with Gasteiger partial charge in [0.25, 0.3) is 0 Å². The zero-order valence-electron chi connectivity index (χ0n) is 12.2. The van der Waals surface area contributed by atoms with Crippen LogP contribution in [0.15, 0.2) is 12.1 Å². The van der Waals surface area contributed by atoms with Gasteiger partial charge >= 0.3 is 0 Å². The third-order valence-corrected chi connectivity index (χ3v) is 4.09. The largest absolute Gasteiger partial charge is 0.330 e. The average Bonchev–Trinajstić information content (AvgIpc) is 2.34. The fourth-order valence-corrected chi connectivity index (χ4v) is 2.35. The fraction of sp³-hybridized carbons (Fsp3) is 0.533. The highest BCUT2D eigenvalue weighted by Gasteiger charge is 2.18. The monoisotopic (exact) mass is 316 g/mol. The number of aryl methyl sites for hydroxylation is 1. The number of anilines is 1. The highest BCUT2D eigenvalue weighted by atomic mass is 35.5. The van der Waals surface area contributed by atoms with Crippen molar-refractivity contribution in [2.24, 2.45) is 11.1 Å². The molecule has 0 spiro atoms. The average molecular weight is 317 g/mol. The molecule has 0 saturated carbocycles. The molecule has 1 amide bonds. The van der Waals surface area contributed by atoms with Gasteiger partial charge in [0.15, 0.2) is 0 Å². The first kappa shape index (κ1) is 17.3. The molecule has 1 aromatic rings. The molecule has 3 nitrogen and oxygen atoms in total. The number of hydrogen-bond acceptors (Lipinski definition) is 2. The van der Waals surface area contributed by atoms with Crippen LogP contribution in [-0.4, -0.2) is 12.5 Å². The minimum atomic E-state index is -0.0584. The number of hydrogen-bond donors (Lipinski definition) is 2. The van der Waals surface area contributed by atoms with E-state index in [-0.39, 0.29) is 11.3 Å². The lowest BCUT2D eigenvalue weighted by atomic mass is 9.84. The Bertz CT molecular complexity index is 487. The van der Waals surface area contributed by atoms with Crippen molar-refractivity contribution >= 4 is 34.8 Å². The van der Waals surface area contributed by atoms with E-state index in [1.807, 2.05) is 6.92 Å². The number of carbonyl (C=O) groups excluding carboxylic acids is 1. The number of nitrogens with one attached hydrogen (secondary N) is 1. The number of benzene rings is 1. The number of amides is 1. The minimum absolute atomic E-state index is 0.0584.